The van der Waals surface area contributed by atoms with Gasteiger partial charge in [0.15, 0.2) is 4.34 Å². The minimum atomic E-state index is -0.783. The summed E-state index contributed by atoms with van der Waals surface area (Å²) in [5, 5.41) is 21.0. The van der Waals surface area contributed by atoms with Gasteiger partial charge in [-0.15, -0.1) is 10.2 Å². The fraction of sp³-hybridized carbons (Fsp3) is 0.750. The molecule has 0 radical (unpaired) electrons. The lowest BCUT2D eigenvalue weighted by atomic mass is 9.81. The van der Waals surface area contributed by atoms with Crippen molar-refractivity contribution < 1.29 is 9.90 Å². The second-order valence-electron chi connectivity index (χ2n) is 5.23. The van der Waals surface area contributed by atoms with Gasteiger partial charge < -0.3 is 5.11 Å². The number of hydrogen-bond acceptors (Lipinski definition) is 6. The van der Waals surface area contributed by atoms with Crippen molar-refractivity contribution in [3.63, 3.8) is 0 Å². The van der Waals surface area contributed by atoms with Crippen LogP contribution in [-0.2, 0) is 4.79 Å². The Balaban J connectivity index is 2.06. The van der Waals surface area contributed by atoms with Crippen LogP contribution in [0.15, 0.2) is 9.85 Å². The highest BCUT2D eigenvalue weighted by Gasteiger charge is 2.43. The second kappa shape index (κ2) is 6.19. The maximum absolute atomic E-state index is 11.7. The molecule has 0 bridgehead atoms. The van der Waals surface area contributed by atoms with Crippen LogP contribution in [0, 0.1) is 0 Å². The van der Waals surface area contributed by atoms with E-state index in [9.17, 15) is 9.90 Å². The van der Waals surface area contributed by atoms with E-state index in [1.807, 2.05) is 13.8 Å². The second-order valence-corrected chi connectivity index (χ2v) is 7.61. The first kappa shape index (κ1) is 14.7. The van der Waals surface area contributed by atoms with Crippen molar-refractivity contribution >= 4 is 29.1 Å². The third-order valence-electron chi connectivity index (χ3n) is 3.29. The van der Waals surface area contributed by atoms with E-state index in [0.29, 0.717) is 18.1 Å². The van der Waals surface area contributed by atoms with Crippen LogP contribution < -0.4 is 5.32 Å². The number of rotatable bonds is 5. The van der Waals surface area contributed by atoms with Crippen LogP contribution in [0.5, 0.6) is 0 Å². The van der Waals surface area contributed by atoms with E-state index in [4.69, 9.17) is 0 Å². The molecule has 2 unspecified atom stereocenters. The van der Waals surface area contributed by atoms with Gasteiger partial charge in [-0.05, 0) is 39.5 Å². The molecule has 2 atom stereocenters. The Morgan fingerprint density at radius 3 is 3.05 bits per heavy atom. The minimum Gasteiger partial charge on any atom is -0.480 e. The molecule has 1 aliphatic rings. The quantitative estimate of drug-likeness (QED) is 0.870. The van der Waals surface area contributed by atoms with Gasteiger partial charge in [0.1, 0.15) is 11.0 Å². The summed E-state index contributed by atoms with van der Waals surface area (Å²) >= 11 is 3.17. The first-order valence-corrected chi connectivity index (χ1v) is 8.22. The van der Waals surface area contributed by atoms with Crippen LogP contribution in [-0.4, -0.2) is 38.1 Å². The molecule has 2 N–H and O–H groups in total. The maximum Gasteiger partial charge on any atom is 0.323 e. The van der Waals surface area contributed by atoms with E-state index in [1.165, 1.54) is 11.3 Å². The molecule has 5 nitrogen and oxygen atoms in total. The third-order valence-corrected chi connectivity index (χ3v) is 5.37. The summed E-state index contributed by atoms with van der Waals surface area (Å²) in [6.45, 7) is 3.98. The molecular weight excluding hydrogens is 282 g/mol. The number of hydrogen-bond donors (Lipinski definition) is 2. The molecule has 1 aromatic rings. The zero-order valence-electron chi connectivity index (χ0n) is 11.1. The summed E-state index contributed by atoms with van der Waals surface area (Å²) in [6.07, 6.45) is 3.32. The predicted molar refractivity (Wildman–Crippen MR) is 76.7 cm³/mol. The van der Waals surface area contributed by atoms with Crippen molar-refractivity contribution in [3.05, 3.63) is 5.51 Å². The molecule has 106 valence electrons. The minimum absolute atomic E-state index is 0.168. The lowest BCUT2D eigenvalue weighted by Gasteiger charge is -2.39. The molecule has 0 aliphatic heterocycles. The fourth-order valence-electron chi connectivity index (χ4n) is 2.62. The first-order valence-electron chi connectivity index (χ1n) is 6.46. The number of carboxylic acid groups (broad SMARTS) is 1. The highest BCUT2D eigenvalue weighted by molar-refractivity contribution is 8.01. The largest absolute Gasteiger partial charge is 0.480 e. The standard InChI is InChI=1S/C12H19N3O2S2/c1-8(2)14-12(10(16)17)5-3-4-9(6-12)19-11-15-13-7-18-11/h7-9,14H,3-6H2,1-2H3,(H,16,17). The maximum atomic E-state index is 11.7. The lowest BCUT2D eigenvalue weighted by molar-refractivity contribution is -0.146. The zero-order chi connectivity index (χ0) is 13.9. The molecule has 1 heterocycles. The van der Waals surface area contributed by atoms with Gasteiger partial charge in [0, 0.05) is 11.3 Å². The Hall–Kier alpha value is -0.660. The number of thioether (sulfide) groups is 1. The van der Waals surface area contributed by atoms with Crippen molar-refractivity contribution in [2.24, 2.45) is 0 Å². The van der Waals surface area contributed by atoms with E-state index in [-0.39, 0.29) is 6.04 Å². The van der Waals surface area contributed by atoms with E-state index < -0.39 is 11.5 Å². The molecule has 0 aromatic carbocycles. The van der Waals surface area contributed by atoms with Crippen LogP contribution in [0.2, 0.25) is 0 Å². The molecule has 1 aromatic heterocycles. The van der Waals surface area contributed by atoms with Gasteiger partial charge >= 0.3 is 5.97 Å². The predicted octanol–water partition coefficient (Wildman–Crippen LogP) is 2.39. The first-order chi connectivity index (χ1) is 9.02. The molecule has 7 heteroatoms. The summed E-state index contributed by atoms with van der Waals surface area (Å²) in [5.41, 5.74) is 0.927. The number of carboxylic acids is 1. The number of nitrogens with zero attached hydrogens (tertiary/aromatic N) is 2. The number of nitrogens with one attached hydrogen (secondary N) is 1. The summed E-state index contributed by atoms with van der Waals surface area (Å²) in [6, 6.07) is 0.168. The Morgan fingerprint density at radius 1 is 1.68 bits per heavy atom. The fourth-order valence-corrected chi connectivity index (χ4v) is 4.69. The highest BCUT2D eigenvalue weighted by Crippen LogP contribution is 2.39. The van der Waals surface area contributed by atoms with Crippen LogP contribution in [0.4, 0.5) is 0 Å². The molecule has 2 rings (SSSR count). The van der Waals surface area contributed by atoms with Gasteiger partial charge in [-0.2, -0.15) is 0 Å². The molecule has 0 amide bonds. The Morgan fingerprint density at radius 2 is 2.47 bits per heavy atom. The zero-order valence-corrected chi connectivity index (χ0v) is 12.8. The van der Waals surface area contributed by atoms with Crippen LogP contribution in [0.1, 0.15) is 39.5 Å². The Bertz CT molecular complexity index is 425. The average molecular weight is 301 g/mol. The highest BCUT2D eigenvalue weighted by atomic mass is 32.2. The van der Waals surface area contributed by atoms with E-state index in [2.05, 4.69) is 15.5 Å². The monoisotopic (exact) mass is 301 g/mol. The number of carbonyl (C=O) groups is 1. The number of aliphatic carboxylic acids is 1. The smallest absolute Gasteiger partial charge is 0.323 e. The van der Waals surface area contributed by atoms with Crippen molar-refractivity contribution in [1.29, 1.82) is 0 Å². The summed E-state index contributed by atoms with van der Waals surface area (Å²) < 4.78 is 0.927. The molecule has 1 aliphatic carbocycles. The van der Waals surface area contributed by atoms with Gasteiger partial charge in [-0.1, -0.05) is 23.1 Å². The summed E-state index contributed by atoms with van der Waals surface area (Å²) in [4.78, 5) is 11.7. The average Bonchev–Trinajstić information content (AvgIpc) is 2.81. The molecule has 1 fully saturated rings. The molecular formula is C12H19N3O2S2. The van der Waals surface area contributed by atoms with Gasteiger partial charge in [0.25, 0.3) is 0 Å². The van der Waals surface area contributed by atoms with Crippen molar-refractivity contribution in [2.75, 3.05) is 0 Å². The lowest BCUT2D eigenvalue weighted by Crippen LogP contribution is -2.57. The normalized spacial score (nSPS) is 27.6. The van der Waals surface area contributed by atoms with Crippen LogP contribution in [0.3, 0.4) is 0 Å². The topological polar surface area (TPSA) is 75.1 Å². The van der Waals surface area contributed by atoms with Crippen molar-refractivity contribution in [1.82, 2.24) is 15.5 Å². The van der Waals surface area contributed by atoms with Crippen molar-refractivity contribution in [2.45, 2.75) is 60.7 Å². The molecule has 0 saturated heterocycles. The van der Waals surface area contributed by atoms with Crippen LogP contribution in [0.25, 0.3) is 0 Å². The van der Waals surface area contributed by atoms with Gasteiger partial charge in [0.2, 0.25) is 0 Å². The van der Waals surface area contributed by atoms with Gasteiger partial charge in [0.05, 0.1) is 0 Å². The summed E-state index contributed by atoms with van der Waals surface area (Å²) in [5.74, 6) is -0.733. The van der Waals surface area contributed by atoms with E-state index >= 15 is 0 Å². The molecule has 1 saturated carbocycles. The summed E-state index contributed by atoms with van der Waals surface area (Å²) in [7, 11) is 0. The van der Waals surface area contributed by atoms with E-state index in [0.717, 1.165) is 17.2 Å². The molecule has 0 spiro atoms. The molecule has 19 heavy (non-hydrogen) atoms. The Kier molecular flexibility index (Phi) is 4.81. The van der Waals surface area contributed by atoms with Gasteiger partial charge in [-0.3, -0.25) is 10.1 Å². The van der Waals surface area contributed by atoms with E-state index in [1.54, 1.807) is 17.3 Å². The third kappa shape index (κ3) is 3.67. The SMILES string of the molecule is CC(C)NC1(C(=O)O)CCCC(Sc2nncs2)C1. The Labute approximate surface area is 121 Å². The van der Waals surface area contributed by atoms with Crippen LogP contribution >= 0.6 is 23.1 Å². The van der Waals surface area contributed by atoms with Gasteiger partial charge in [-0.25, -0.2) is 0 Å². The number of aromatic nitrogens is 2. The van der Waals surface area contributed by atoms with Crippen molar-refractivity contribution in [3.8, 4) is 0 Å².